The number of ether oxygens (including phenoxy) is 2. The zero-order valence-electron chi connectivity index (χ0n) is 13.2. The predicted molar refractivity (Wildman–Crippen MR) is 90.7 cm³/mol. The van der Waals surface area contributed by atoms with Crippen molar-refractivity contribution in [1.82, 2.24) is 4.90 Å². The SMILES string of the molecule is C[C@@H]1CN(C(=O)COC(=O)/C=C/c2ccc(Br)cc2)C[C@H](C)O1. The summed E-state index contributed by atoms with van der Waals surface area (Å²) in [6, 6.07) is 7.51. The first-order chi connectivity index (χ1) is 10.9. The molecule has 1 fully saturated rings. The van der Waals surface area contributed by atoms with E-state index in [0.29, 0.717) is 13.1 Å². The van der Waals surface area contributed by atoms with Crippen LogP contribution in [0.25, 0.3) is 6.08 Å². The van der Waals surface area contributed by atoms with Crippen LogP contribution in [0.3, 0.4) is 0 Å². The molecular formula is C17H20BrNO4. The molecule has 2 atom stereocenters. The summed E-state index contributed by atoms with van der Waals surface area (Å²) in [6.45, 7) is 4.64. The van der Waals surface area contributed by atoms with Gasteiger partial charge in [0.2, 0.25) is 0 Å². The average Bonchev–Trinajstić information content (AvgIpc) is 2.51. The molecule has 6 heteroatoms. The molecule has 1 aromatic rings. The summed E-state index contributed by atoms with van der Waals surface area (Å²) in [7, 11) is 0. The monoisotopic (exact) mass is 381 g/mol. The summed E-state index contributed by atoms with van der Waals surface area (Å²) in [5, 5.41) is 0. The highest BCUT2D eigenvalue weighted by atomic mass is 79.9. The largest absolute Gasteiger partial charge is 0.452 e. The molecule has 0 unspecified atom stereocenters. The molecule has 0 aliphatic carbocycles. The quantitative estimate of drug-likeness (QED) is 0.594. The van der Waals surface area contributed by atoms with Gasteiger partial charge >= 0.3 is 5.97 Å². The lowest BCUT2D eigenvalue weighted by molar-refractivity contribution is -0.154. The van der Waals surface area contributed by atoms with E-state index in [1.165, 1.54) is 6.08 Å². The lowest BCUT2D eigenvalue weighted by atomic mass is 10.2. The Morgan fingerprint density at radius 1 is 1.26 bits per heavy atom. The molecule has 1 saturated heterocycles. The van der Waals surface area contributed by atoms with E-state index in [-0.39, 0.29) is 24.7 Å². The van der Waals surface area contributed by atoms with Crippen molar-refractivity contribution in [2.24, 2.45) is 0 Å². The van der Waals surface area contributed by atoms with Gasteiger partial charge in [-0.3, -0.25) is 4.79 Å². The first-order valence-electron chi connectivity index (χ1n) is 7.47. The second kappa shape index (κ2) is 8.26. The van der Waals surface area contributed by atoms with Gasteiger partial charge in [-0.25, -0.2) is 4.79 Å². The Morgan fingerprint density at radius 2 is 1.87 bits per heavy atom. The third-order valence-electron chi connectivity index (χ3n) is 3.39. The van der Waals surface area contributed by atoms with Crippen molar-refractivity contribution in [2.75, 3.05) is 19.7 Å². The highest BCUT2D eigenvalue weighted by Crippen LogP contribution is 2.12. The van der Waals surface area contributed by atoms with Gasteiger partial charge in [0.15, 0.2) is 6.61 Å². The number of carbonyl (C=O) groups excluding carboxylic acids is 2. The Balaban J connectivity index is 1.79. The van der Waals surface area contributed by atoms with Crippen molar-refractivity contribution < 1.29 is 19.1 Å². The molecule has 0 saturated carbocycles. The van der Waals surface area contributed by atoms with Gasteiger partial charge in [-0.1, -0.05) is 28.1 Å². The minimum atomic E-state index is -0.532. The van der Waals surface area contributed by atoms with Crippen LogP contribution in [-0.2, 0) is 19.1 Å². The smallest absolute Gasteiger partial charge is 0.331 e. The molecule has 1 aromatic carbocycles. The fraction of sp³-hybridized carbons (Fsp3) is 0.412. The van der Waals surface area contributed by atoms with E-state index >= 15 is 0 Å². The van der Waals surface area contributed by atoms with E-state index in [1.807, 2.05) is 38.1 Å². The second-order valence-corrected chi connectivity index (χ2v) is 6.46. The van der Waals surface area contributed by atoms with Crippen molar-refractivity contribution in [3.63, 3.8) is 0 Å². The summed E-state index contributed by atoms with van der Waals surface area (Å²) in [4.78, 5) is 25.4. The molecule has 1 amide bonds. The molecule has 1 aliphatic heterocycles. The van der Waals surface area contributed by atoms with Crippen LogP contribution in [0.2, 0.25) is 0 Å². The van der Waals surface area contributed by atoms with Crippen LogP contribution in [0.1, 0.15) is 19.4 Å². The Hall–Kier alpha value is -1.66. The molecule has 0 aromatic heterocycles. The summed E-state index contributed by atoms with van der Waals surface area (Å²) in [5.41, 5.74) is 0.882. The molecule has 0 bridgehead atoms. The maximum atomic E-state index is 12.1. The van der Waals surface area contributed by atoms with Crippen molar-refractivity contribution in [2.45, 2.75) is 26.1 Å². The number of hydrogen-bond donors (Lipinski definition) is 0. The average molecular weight is 382 g/mol. The van der Waals surface area contributed by atoms with Gasteiger partial charge in [-0.15, -0.1) is 0 Å². The number of carbonyl (C=O) groups is 2. The number of morpholine rings is 1. The zero-order chi connectivity index (χ0) is 16.8. The van der Waals surface area contributed by atoms with E-state index in [0.717, 1.165) is 10.0 Å². The number of halogens is 1. The fourth-order valence-corrected chi connectivity index (χ4v) is 2.66. The Labute approximate surface area is 144 Å². The molecule has 2 rings (SSSR count). The zero-order valence-corrected chi connectivity index (χ0v) is 14.8. The third-order valence-corrected chi connectivity index (χ3v) is 3.92. The number of benzene rings is 1. The van der Waals surface area contributed by atoms with Crippen molar-refractivity contribution in [3.8, 4) is 0 Å². The minimum absolute atomic E-state index is 0.00398. The van der Waals surface area contributed by atoms with Gasteiger partial charge in [-0.05, 0) is 37.6 Å². The topological polar surface area (TPSA) is 55.8 Å². The van der Waals surface area contributed by atoms with E-state index in [2.05, 4.69) is 15.9 Å². The molecule has 1 heterocycles. The molecule has 0 N–H and O–H groups in total. The van der Waals surface area contributed by atoms with Crippen molar-refractivity contribution in [1.29, 1.82) is 0 Å². The summed E-state index contributed by atoms with van der Waals surface area (Å²) < 4.78 is 11.5. The standard InChI is InChI=1S/C17H20BrNO4/c1-12-9-19(10-13(2)23-12)16(20)11-22-17(21)8-5-14-3-6-15(18)7-4-14/h3-8,12-13H,9-11H2,1-2H3/b8-5+/t12-,13+. The number of esters is 1. The molecule has 0 spiro atoms. The minimum Gasteiger partial charge on any atom is -0.452 e. The van der Waals surface area contributed by atoms with Crippen LogP contribution >= 0.6 is 15.9 Å². The van der Waals surface area contributed by atoms with Gasteiger partial charge in [-0.2, -0.15) is 0 Å². The van der Waals surface area contributed by atoms with Crippen LogP contribution in [0, 0.1) is 0 Å². The van der Waals surface area contributed by atoms with Crippen molar-refractivity contribution in [3.05, 3.63) is 40.4 Å². The molecule has 23 heavy (non-hydrogen) atoms. The molecule has 5 nitrogen and oxygen atoms in total. The van der Waals surface area contributed by atoms with Gasteiger partial charge in [0.1, 0.15) is 0 Å². The number of amides is 1. The van der Waals surface area contributed by atoms with Crippen LogP contribution in [0.15, 0.2) is 34.8 Å². The number of rotatable bonds is 4. The second-order valence-electron chi connectivity index (χ2n) is 5.55. The highest BCUT2D eigenvalue weighted by Gasteiger charge is 2.26. The first kappa shape index (κ1) is 17.7. The van der Waals surface area contributed by atoms with Gasteiger partial charge in [0, 0.05) is 23.6 Å². The molecule has 124 valence electrons. The normalized spacial score (nSPS) is 21.4. The molecular weight excluding hydrogens is 362 g/mol. The Morgan fingerprint density at radius 3 is 2.48 bits per heavy atom. The summed E-state index contributed by atoms with van der Waals surface area (Å²) in [5.74, 6) is -0.729. The number of nitrogens with zero attached hydrogens (tertiary/aromatic N) is 1. The van der Waals surface area contributed by atoms with E-state index < -0.39 is 5.97 Å². The van der Waals surface area contributed by atoms with E-state index in [4.69, 9.17) is 9.47 Å². The highest BCUT2D eigenvalue weighted by molar-refractivity contribution is 9.10. The third kappa shape index (κ3) is 5.80. The maximum absolute atomic E-state index is 12.1. The Kier molecular flexibility index (Phi) is 6.36. The molecule has 1 aliphatic rings. The molecule has 0 radical (unpaired) electrons. The van der Waals surface area contributed by atoms with Gasteiger partial charge in [0.25, 0.3) is 5.91 Å². The lowest BCUT2D eigenvalue weighted by Gasteiger charge is -2.35. The van der Waals surface area contributed by atoms with Crippen LogP contribution in [0.4, 0.5) is 0 Å². The van der Waals surface area contributed by atoms with E-state index in [1.54, 1.807) is 11.0 Å². The van der Waals surface area contributed by atoms with Gasteiger partial charge < -0.3 is 14.4 Å². The summed E-state index contributed by atoms with van der Waals surface area (Å²) >= 11 is 3.35. The first-order valence-corrected chi connectivity index (χ1v) is 8.27. The summed E-state index contributed by atoms with van der Waals surface area (Å²) in [6.07, 6.45) is 2.96. The van der Waals surface area contributed by atoms with E-state index in [9.17, 15) is 9.59 Å². The van der Waals surface area contributed by atoms with Crippen molar-refractivity contribution >= 4 is 33.9 Å². The lowest BCUT2D eigenvalue weighted by Crippen LogP contribution is -2.49. The van der Waals surface area contributed by atoms with Crippen LogP contribution in [0.5, 0.6) is 0 Å². The van der Waals surface area contributed by atoms with Crippen LogP contribution in [-0.4, -0.2) is 48.7 Å². The fourth-order valence-electron chi connectivity index (χ4n) is 2.39. The predicted octanol–water partition coefficient (Wildman–Crippen LogP) is 2.64. The van der Waals surface area contributed by atoms with Gasteiger partial charge in [0.05, 0.1) is 12.2 Å². The Bertz CT molecular complexity index is 575. The van der Waals surface area contributed by atoms with Crippen LogP contribution < -0.4 is 0 Å². The number of hydrogen-bond acceptors (Lipinski definition) is 4. The maximum Gasteiger partial charge on any atom is 0.331 e.